The summed E-state index contributed by atoms with van der Waals surface area (Å²) in [6.45, 7) is 2.56. The van der Waals surface area contributed by atoms with E-state index in [0.717, 1.165) is 0 Å². The Labute approximate surface area is 139 Å². The smallest absolute Gasteiger partial charge is 0.251 e. The molecule has 1 heterocycles. The van der Waals surface area contributed by atoms with Crippen molar-refractivity contribution in [2.24, 2.45) is 11.7 Å². The number of aliphatic hydroxyl groups is 1. The topological polar surface area (TPSA) is 86.8 Å². The lowest BCUT2D eigenvalue weighted by Crippen LogP contribution is -2.44. The van der Waals surface area contributed by atoms with E-state index in [1.165, 1.54) is 13.0 Å². The third-order valence-electron chi connectivity index (χ3n) is 4.15. The molecule has 5 nitrogen and oxygen atoms in total. The van der Waals surface area contributed by atoms with Crippen molar-refractivity contribution in [2.75, 3.05) is 13.1 Å². The summed E-state index contributed by atoms with van der Waals surface area (Å²) < 4.78 is 0. The van der Waals surface area contributed by atoms with E-state index in [9.17, 15) is 15.0 Å². The molecule has 7 heteroatoms. The van der Waals surface area contributed by atoms with Crippen molar-refractivity contribution in [1.82, 2.24) is 4.90 Å². The number of carbonyl (C=O) groups excluding carboxylic acids is 1. The van der Waals surface area contributed by atoms with Gasteiger partial charge in [0.05, 0.1) is 10.0 Å². The molecule has 0 spiro atoms. The first-order valence-corrected chi connectivity index (χ1v) is 7.97. The highest BCUT2D eigenvalue weighted by atomic mass is 35.5. The Morgan fingerprint density at radius 2 is 1.86 bits per heavy atom. The fourth-order valence-corrected chi connectivity index (χ4v) is 3.15. The summed E-state index contributed by atoms with van der Waals surface area (Å²) in [6, 6.07) is 2.61. The number of likely N-dealkylation sites (tertiary alicyclic amines) is 1. The molecular formula is C15H20Cl2N2O3. The van der Waals surface area contributed by atoms with Crippen LogP contribution in [0.25, 0.3) is 0 Å². The summed E-state index contributed by atoms with van der Waals surface area (Å²) >= 11 is 11.8. The molecule has 2 rings (SSSR count). The zero-order valence-corrected chi connectivity index (χ0v) is 13.8. The lowest BCUT2D eigenvalue weighted by molar-refractivity contribution is -0.140. The highest BCUT2D eigenvalue weighted by molar-refractivity contribution is 6.42. The summed E-state index contributed by atoms with van der Waals surface area (Å²) in [5, 5.41) is 20.0. The second kappa shape index (κ2) is 7.04. The highest BCUT2D eigenvalue weighted by Crippen LogP contribution is 2.37. The zero-order valence-electron chi connectivity index (χ0n) is 12.3. The first-order valence-electron chi connectivity index (χ1n) is 7.21. The van der Waals surface area contributed by atoms with E-state index in [0.29, 0.717) is 36.5 Å². The van der Waals surface area contributed by atoms with Gasteiger partial charge in [-0.1, -0.05) is 23.2 Å². The zero-order chi connectivity index (χ0) is 16.4. The Morgan fingerprint density at radius 3 is 2.41 bits per heavy atom. The number of piperidine rings is 1. The third-order valence-corrected chi connectivity index (χ3v) is 4.87. The largest absolute Gasteiger partial charge is 0.508 e. The van der Waals surface area contributed by atoms with Gasteiger partial charge in [0.2, 0.25) is 0 Å². The number of phenolic OH excluding ortho intramolecular Hbond substituents is 1. The van der Waals surface area contributed by atoms with Crippen molar-refractivity contribution in [3.8, 4) is 5.75 Å². The van der Waals surface area contributed by atoms with Gasteiger partial charge in [-0.2, -0.15) is 0 Å². The van der Waals surface area contributed by atoms with Crippen LogP contribution in [0.1, 0.15) is 31.4 Å². The van der Waals surface area contributed by atoms with Gasteiger partial charge in [0.25, 0.3) is 5.91 Å². The van der Waals surface area contributed by atoms with Gasteiger partial charge in [-0.25, -0.2) is 0 Å². The number of phenols is 1. The molecule has 1 aliphatic heterocycles. The maximum Gasteiger partial charge on any atom is 0.251 e. The highest BCUT2D eigenvalue weighted by Gasteiger charge is 2.30. The number of nitrogens with zero attached hydrogens (tertiary/aromatic N) is 1. The Balaban J connectivity index is 2.05. The number of aromatic hydroxyl groups is 1. The summed E-state index contributed by atoms with van der Waals surface area (Å²) in [5.74, 6) is -0.102. The van der Waals surface area contributed by atoms with Crippen molar-refractivity contribution in [2.45, 2.75) is 31.9 Å². The Morgan fingerprint density at radius 1 is 1.32 bits per heavy atom. The second-order valence-electron chi connectivity index (χ2n) is 5.69. The van der Waals surface area contributed by atoms with E-state index < -0.39 is 6.10 Å². The SMILES string of the molecule is C[C@@H](O)C(=O)N1CCC([C@@H](N)c2cc(Cl)c(Cl)cc2O)CC1. The Bertz CT molecular complexity index is 558. The van der Waals surface area contributed by atoms with Gasteiger partial charge in [-0.3, -0.25) is 4.79 Å². The van der Waals surface area contributed by atoms with E-state index in [1.807, 2.05) is 0 Å². The van der Waals surface area contributed by atoms with Crippen LogP contribution in [-0.4, -0.2) is 40.2 Å². The van der Waals surface area contributed by atoms with E-state index in [-0.39, 0.29) is 28.6 Å². The van der Waals surface area contributed by atoms with Crippen molar-refractivity contribution in [1.29, 1.82) is 0 Å². The number of amides is 1. The lowest BCUT2D eigenvalue weighted by Gasteiger charge is -2.35. The molecule has 22 heavy (non-hydrogen) atoms. The first kappa shape index (κ1) is 17.3. The minimum absolute atomic E-state index is 0.0318. The van der Waals surface area contributed by atoms with E-state index in [4.69, 9.17) is 28.9 Å². The minimum Gasteiger partial charge on any atom is -0.508 e. The molecule has 1 aliphatic rings. The van der Waals surface area contributed by atoms with Gasteiger partial charge in [-0.05, 0) is 31.7 Å². The minimum atomic E-state index is -0.982. The van der Waals surface area contributed by atoms with Crippen LogP contribution < -0.4 is 5.73 Å². The quantitative estimate of drug-likeness (QED) is 0.783. The number of halogens is 2. The number of hydrogen-bond acceptors (Lipinski definition) is 4. The van der Waals surface area contributed by atoms with Gasteiger partial charge in [-0.15, -0.1) is 0 Å². The predicted octanol–water partition coefficient (Wildman–Crippen LogP) is 2.32. The number of carbonyl (C=O) groups is 1. The van der Waals surface area contributed by atoms with Gasteiger partial charge < -0.3 is 20.8 Å². The number of hydrogen-bond donors (Lipinski definition) is 3. The number of rotatable bonds is 3. The number of aliphatic hydroxyl groups excluding tert-OH is 1. The van der Waals surface area contributed by atoms with E-state index in [1.54, 1.807) is 11.0 Å². The van der Waals surface area contributed by atoms with Gasteiger partial charge in [0.15, 0.2) is 0 Å². The maximum atomic E-state index is 11.8. The summed E-state index contributed by atoms with van der Waals surface area (Å²) in [5.41, 5.74) is 6.82. The molecular weight excluding hydrogens is 327 g/mol. The molecule has 0 unspecified atom stereocenters. The average molecular weight is 347 g/mol. The first-order chi connectivity index (χ1) is 10.3. The van der Waals surface area contributed by atoms with Crippen molar-refractivity contribution >= 4 is 29.1 Å². The molecule has 4 N–H and O–H groups in total. The molecule has 2 atom stereocenters. The van der Waals surface area contributed by atoms with Crippen LogP contribution in [0.4, 0.5) is 0 Å². The fourth-order valence-electron chi connectivity index (χ4n) is 2.82. The molecule has 1 aromatic rings. The molecule has 0 aromatic heterocycles. The summed E-state index contributed by atoms with van der Waals surface area (Å²) in [7, 11) is 0. The van der Waals surface area contributed by atoms with E-state index in [2.05, 4.69) is 0 Å². The van der Waals surface area contributed by atoms with Crippen LogP contribution in [-0.2, 0) is 4.79 Å². The van der Waals surface area contributed by atoms with Crippen molar-refractivity contribution < 1.29 is 15.0 Å². The van der Waals surface area contributed by atoms with Crippen LogP contribution in [0.2, 0.25) is 10.0 Å². The third kappa shape index (κ3) is 3.66. The van der Waals surface area contributed by atoms with Crippen LogP contribution in [0.5, 0.6) is 5.75 Å². The maximum absolute atomic E-state index is 11.8. The normalized spacial score (nSPS) is 19.0. The molecule has 0 radical (unpaired) electrons. The van der Waals surface area contributed by atoms with Crippen LogP contribution in [0.3, 0.4) is 0 Å². The average Bonchev–Trinajstić information content (AvgIpc) is 2.49. The van der Waals surface area contributed by atoms with Crippen LogP contribution >= 0.6 is 23.2 Å². The van der Waals surface area contributed by atoms with Gasteiger partial charge in [0.1, 0.15) is 11.9 Å². The van der Waals surface area contributed by atoms with E-state index >= 15 is 0 Å². The number of benzene rings is 1. The summed E-state index contributed by atoms with van der Waals surface area (Å²) in [6.07, 6.45) is 0.433. The second-order valence-corrected chi connectivity index (χ2v) is 6.50. The molecule has 1 aromatic carbocycles. The lowest BCUT2D eigenvalue weighted by atomic mass is 9.85. The van der Waals surface area contributed by atoms with Crippen molar-refractivity contribution in [3.63, 3.8) is 0 Å². The molecule has 122 valence electrons. The van der Waals surface area contributed by atoms with Crippen LogP contribution in [0, 0.1) is 5.92 Å². The van der Waals surface area contributed by atoms with Gasteiger partial charge >= 0.3 is 0 Å². The summed E-state index contributed by atoms with van der Waals surface area (Å²) in [4.78, 5) is 13.4. The van der Waals surface area contributed by atoms with Crippen LogP contribution in [0.15, 0.2) is 12.1 Å². The molecule has 0 bridgehead atoms. The standard InChI is InChI=1S/C15H20Cl2N2O3/c1-8(20)15(22)19-4-2-9(3-5-19)14(18)10-6-11(16)12(17)7-13(10)21/h6-9,14,20-21H,2-5,18H2,1H3/t8-,14-/m1/s1. The Hall–Kier alpha value is -1.01. The monoisotopic (exact) mass is 346 g/mol. The molecule has 0 aliphatic carbocycles. The predicted molar refractivity (Wildman–Crippen MR) is 86.0 cm³/mol. The molecule has 0 saturated carbocycles. The van der Waals surface area contributed by atoms with Crippen molar-refractivity contribution in [3.05, 3.63) is 27.7 Å². The molecule has 1 amide bonds. The fraction of sp³-hybridized carbons (Fsp3) is 0.533. The van der Waals surface area contributed by atoms with Gasteiger partial charge in [0, 0.05) is 30.8 Å². The molecule has 1 saturated heterocycles. The Kier molecular flexibility index (Phi) is 5.55. The number of nitrogens with two attached hydrogens (primary N) is 1. The molecule has 1 fully saturated rings.